The molecule has 1 N–H and O–H groups in total. The van der Waals surface area contributed by atoms with E-state index in [2.05, 4.69) is 14.7 Å². The molecule has 190 valence electrons. The first-order chi connectivity index (χ1) is 17.7. The molecular formula is C25H20ClFN4O4S2. The van der Waals surface area contributed by atoms with E-state index in [1.165, 1.54) is 30.6 Å². The number of hydrogen-bond acceptors (Lipinski definition) is 8. The molecule has 0 radical (unpaired) electrons. The molecule has 0 fully saturated rings. The second kappa shape index (κ2) is 10.2. The number of ether oxygens (including phenoxy) is 2. The maximum atomic E-state index is 13.1. The first-order valence-electron chi connectivity index (χ1n) is 11.0. The zero-order valence-corrected chi connectivity index (χ0v) is 22.0. The number of methoxy groups -OCH3 is 1. The zero-order valence-electron chi connectivity index (χ0n) is 19.7. The molecule has 0 spiro atoms. The maximum absolute atomic E-state index is 13.1. The van der Waals surface area contributed by atoms with Crippen LogP contribution in [0.15, 0.2) is 59.6 Å². The number of nitrogens with zero attached hydrogens (tertiary/aromatic N) is 3. The fraction of sp³-hybridized carbons (Fsp3) is 0.160. The van der Waals surface area contributed by atoms with Crippen molar-refractivity contribution >= 4 is 54.2 Å². The molecule has 2 aromatic heterocycles. The lowest BCUT2D eigenvalue weighted by atomic mass is 10.1. The molecule has 0 saturated heterocycles. The van der Waals surface area contributed by atoms with E-state index in [1.807, 2.05) is 25.1 Å². The summed E-state index contributed by atoms with van der Waals surface area (Å²) in [5.74, 6) is 0.472. The molecule has 2 heterocycles. The Bertz CT molecular complexity index is 1730. The highest BCUT2D eigenvalue weighted by Gasteiger charge is 2.16. The Balaban J connectivity index is 1.35. The minimum Gasteiger partial charge on any atom is -0.492 e. The van der Waals surface area contributed by atoms with Crippen LogP contribution in [-0.2, 0) is 10.0 Å². The molecule has 0 aliphatic carbocycles. The Morgan fingerprint density at radius 2 is 1.86 bits per heavy atom. The van der Waals surface area contributed by atoms with Crippen molar-refractivity contribution in [3.05, 3.63) is 71.1 Å². The molecule has 0 aliphatic heterocycles. The van der Waals surface area contributed by atoms with Crippen molar-refractivity contribution < 1.29 is 22.3 Å². The molecule has 5 aromatic rings. The van der Waals surface area contributed by atoms with Gasteiger partial charge in [-0.3, -0.25) is 0 Å². The zero-order chi connectivity index (χ0) is 26.2. The van der Waals surface area contributed by atoms with E-state index < -0.39 is 15.8 Å². The first-order valence-corrected chi connectivity index (χ1v) is 13.7. The number of benzene rings is 3. The van der Waals surface area contributed by atoms with Gasteiger partial charge in [0.15, 0.2) is 0 Å². The lowest BCUT2D eigenvalue weighted by Crippen LogP contribution is -2.28. The Labute approximate surface area is 221 Å². The van der Waals surface area contributed by atoms with E-state index in [4.69, 9.17) is 26.1 Å². The third kappa shape index (κ3) is 5.35. The van der Waals surface area contributed by atoms with E-state index in [-0.39, 0.29) is 18.0 Å². The van der Waals surface area contributed by atoms with Crippen LogP contribution in [0.5, 0.6) is 11.6 Å². The van der Waals surface area contributed by atoms with Gasteiger partial charge in [-0.25, -0.2) is 32.5 Å². The standard InChI is InChI=1S/C25H20ClFN4O4S2/c1-14-9-17(35-8-7-29-37(32,33)18-5-3-16(27)4-6-18)12-21-23(14)31-25(36-21)19-10-15(26)11-20-24(19)28-13-22(30-20)34-2/h3-6,9-13,29H,7-8H2,1-2H3. The predicted octanol–water partition coefficient (Wildman–Crippen LogP) is 5.37. The SMILES string of the molecule is COc1cnc2c(-c3nc4c(C)cc(OCCNS(=O)(=O)c5ccc(F)cc5)cc4s3)cc(Cl)cc2n1. The lowest BCUT2D eigenvalue weighted by molar-refractivity contribution is 0.323. The topological polar surface area (TPSA) is 103 Å². The van der Waals surface area contributed by atoms with Crippen molar-refractivity contribution in [2.75, 3.05) is 20.3 Å². The molecule has 5 rings (SSSR count). The van der Waals surface area contributed by atoms with Crippen LogP contribution in [-0.4, -0.2) is 43.6 Å². The van der Waals surface area contributed by atoms with Crippen molar-refractivity contribution in [1.82, 2.24) is 19.7 Å². The van der Waals surface area contributed by atoms with E-state index in [0.29, 0.717) is 27.7 Å². The highest BCUT2D eigenvalue weighted by molar-refractivity contribution is 7.89. The summed E-state index contributed by atoms with van der Waals surface area (Å²) in [7, 11) is -2.24. The van der Waals surface area contributed by atoms with E-state index in [9.17, 15) is 12.8 Å². The summed E-state index contributed by atoms with van der Waals surface area (Å²) in [5.41, 5.74) is 3.74. The van der Waals surface area contributed by atoms with Crippen LogP contribution in [0, 0.1) is 12.7 Å². The number of thiazole rings is 1. The highest BCUT2D eigenvalue weighted by atomic mass is 35.5. The van der Waals surface area contributed by atoms with Gasteiger partial charge in [-0.15, -0.1) is 11.3 Å². The molecule has 0 atom stereocenters. The van der Waals surface area contributed by atoms with Crippen molar-refractivity contribution in [1.29, 1.82) is 0 Å². The Hall–Kier alpha value is -3.38. The monoisotopic (exact) mass is 558 g/mol. The summed E-state index contributed by atoms with van der Waals surface area (Å²) in [6, 6.07) is 11.9. The van der Waals surface area contributed by atoms with Gasteiger partial charge in [-0.2, -0.15) is 0 Å². The Morgan fingerprint density at radius 1 is 1.08 bits per heavy atom. The number of rotatable bonds is 8. The van der Waals surface area contributed by atoms with Gasteiger partial charge in [0.05, 0.1) is 39.5 Å². The van der Waals surface area contributed by atoms with Crippen LogP contribution in [0.25, 0.3) is 31.8 Å². The second-order valence-electron chi connectivity index (χ2n) is 8.04. The number of halogens is 2. The van der Waals surface area contributed by atoms with Gasteiger partial charge in [-0.1, -0.05) is 11.6 Å². The van der Waals surface area contributed by atoms with Gasteiger partial charge in [0.2, 0.25) is 15.9 Å². The van der Waals surface area contributed by atoms with Crippen molar-refractivity contribution in [2.24, 2.45) is 0 Å². The first kappa shape index (κ1) is 25.3. The summed E-state index contributed by atoms with van der Waals surface area (Å²) >= 11 is 7.82. The third-order valence-corrected chi connectivity index (χ3v) is 8.21. The summed E-state index contributed by atoms with van der Waals surface area (Å²) < 4.78 is 52.1. The number of nitrogens with one attached hydrogen (secondary N) is 1. The number of fused-ring (bicyclic) bond motifs is 2. The van der Waals surface area contributed by atoms with Crippen molar-refractivity contribution in [3.63, 3.8) is 0 Å². The maximum Gasteiger partial charge on any atom is 0.240 e. The molecule has 37 heavy (non-hydrogen) atoms. The average molecular weight is 559 g/mol. The Kier molecular flexibility index (Phi) is 6.95. The summed E-state index contributed by atoms with van der Waals surface area (Å²) in [6.45, 7) is 2.07. The molecule has 0 bridgehead atoms. The molecule has 0 saturated carbocycles. The van der Waals surface area contributed by atoms with E-state index in [1.54, 1.807) is 12.3 Å². The smallest absolute Gasteiger partial charge is 0.240 e. The fourth-order valence-corrected chi connectivity index (χ4v) is 6.05. The normalized spacial score (nSPS) is 11.8. The van der Waals surface area contributed by atoms with Gasteiger partial charge in [0.1, 0.15) is 23.2 Å². The van der Waals surface area contributed by atoms with Gasteiger partial charge >= 0.3 is 0 Å². The highest BCUT2D eigenvalue weighted by Crippen LogP contribution is 2.38. The molecule has 0 amide bonds. The molecule has 8 nitrogen and oxygen atoms in total. The number of aromatic nitrogens is 3. The average Bonchev–Trinajstić information content (AvgIpc) is 3.31. The summed E-state index contributed by atoms with van der Waals surface area (Å²) in [6.07, 6.45) is 1.55. The third-order valence-electron chi connectivity index (χ3n) is 5.47. The lowest BCUT2D eigenvalue weighted by Gasteiger charge is -2.09. The predicted molar refractivity (Wildman–Crippen MR) is 142 cm³/mol. The number of sulfonamides is 1. The molecule has 0 aliphatic rings. The van der Waals surface area contributed by atoms with Crippen LogP contribution < -0.4 is 14.2 Å². The molecule has 3 aromatic carbocycles. The van der Waals surface area contributed by atoms with Crippen LogP contribution in [0.2, 0.25) is 5.02 Å². The largest absolute Gasteiger partial charge is 0.492 e. The molecular weight excluding hydrogens is 539 g/mol. The fourth-order valence-electron chi connectivity index (χ4n) is 3.74. The van der Waals surface area contributed by atoms with Gasteiger partial charge in [0, 0.05) is 17.1 Å². The van der Waals surface area contributed by atoms with Crippen LogP contribution in [0.3, 0.4) is 0 Å². The van der Waals surface area contributed by atoms with E-state index in [0.717, 1.165) is 38.5 Å². The Morgan fingerprint density at radius 3 is 2.62 bits per heavy atom. The minimum atomic E-state index is -3.76. The van der Waals surface area contributed by atoms with Gasteiger partial charge in [0.25, 0.3) is 0 Å². The van der Waals surface area contributed by atoms with E-state index >= 15 is 0 Å². The number of aryl methyl sites for hydroxylation is 1. The summed E-state index contributed by atoms with van der Waals surface area (Å²) in [4.78, 5) is 13.7. The van der Waals surface area contributed by atoms with Gasteiger partial charge < -0.3 is 9.47 Å². The molecule has 12 heteroatoms. The molecule has 0 unspecified atom stereocenters. The van der Waals surface area contributed by atoms with Gasteiger partial charge in [-0.05, 0) is 61.0 Å². The number of hydrogen-bond donors (Lipinski definition) is 1. The second-order valence-corrected chi connectivity index (χ2v) is 11.3. The minimum absolute atomic E-state index is 0.0139. The quantitative estimate of drug-likeness (QED) is 0.255. The van der Waals surface area contributed by atoms with Crippen LogP contribution >= 0.6 is 22.9 Å². The van der Waals surface area contributed by atoms with Crippen LogP contribution in [0.1, 0.15) is 5.56 Å². The van der Waals surface area contributed by atoms with Crippen molar-refractivity contribution in [2.45, 2.75) is 11.8 Å². The van der Waals surface area contributed by atoms with Crippen LogP contribution in [0.4, 0.5) is 4.39 Å². The van der Waals surface area contributed by atoms with Crippen molar-refractivity contribution in [3.8, 4) is 22.2 Å². The summed E-state index contributed by atoms with van der Waals surface area (Å²) in [5, 5.41) is 1.24.